The van der Waals surface area contributed by atoms with Gasteiger partial charge in [-0.25, -0.2) is 4.39 Å². The molecule has 0 aliphatic heterocycles. The first-order chi connectivity index (χ1) is 9.92. The lowest BCUT2D eigenvalue weighted by Gasteiger charge is -2.29. The summed E-state index contributed by atoms with van der Waals surface area (Å²) < 4.78 is 91.4. The van der Waals surface area contributed by atoms with E-state index in [4.69, 9.17) is 0 Å². The maximum absolute atomic E-state index is 13.3. The second kappa shape index (κ2) is 5.93. The Morgan fingerprint density at radius 1 is 1.09 bits per heavy atom. The van der Waals surface area contributed by atoms with Crippen molar-refractivity contribution in [1.29, 1.82) is 0 Å². The van der Waals surface area contributed by atoms with Crippen LogP contribution in [0, 0.1) is 0 Å². The molecule has 0 spiro atoms. The molecule has 1 N–H and O–H groups in total. The predicted molar refractivity (Wildman–Crippen MR) is 56.9 cm³/mol. The van der Waals surface area contributed by atoms with E-state index in [1.807, 2.05) is 0 Å². The van der Waals surface area contributed by atoms with E-state index < -0.39 is 36.2 Å². The summed E-state index contributed by atoms with van der Waals surface area (Å²) in [5, 5.41) is 7.68. The molecule has 12 heteroatoms. The second-order valence-corrected chi connectivity index (χ2v) is 3.94. The molecule has 1 aromatic heterocycles. The molecule has 0 saturated heterocycles. The predicted octanol–water partition coefficient (Wildman–Crippen LogP) is 2.05. The Bertz CT molecular complexity index is 513. The molecule has 0 fully saturated rings. The van der Waals surface area contributed by atoms with Crippen molar-refractivity contribution in [2.45, 2.75) is 18.0 Å². The van der Waals surface area contributed by atoms with Gasteiger partial charge in [-0.2, -0.15) is 26.3 Å². The van der Waals surface area contributed by atoms with E-state index in [-0.39, 0.29) is 5.88 Å². The molecule has 1 aromatic rings. The molecule has 0 aliphatic carbocycles. The molecule has 0 bridgehead atoms. The zero-order chi connectivity index (χ0) is 17.2. The fourth-order valence-corrected chi connectivity index (χ4v) is 1.20. The summed E-state index contributed by atoms with van der Waals surface area (Å²) >= 11 is 0. The van der Waals surface area contributed by atoms with Gasteiger partial charge in [-0.3, -0.25) is 4.79 Å². The lowest BCUT2D eigenvalue weighted by Crippen LogP contribution is -2.59. The van der Waals surface area contributed by atoms with Gasteiger partial charge in [-0.15, -0.1) is 10.2 Å². The average Bonchev–Trinajstić information content (AvgIpc) is 2.42. The van der Waals surface area contributed by atoms with Crippen molar-refractivity contribution in [1.82, 2.24) is 15.5 Å². The van der Waals surface area contributed by atoms with E-state index in [1.165, 1.54) is 12.4 Å². The number of carbonyl (C=O) groups is 1. The van der Waals surface area contributed by atoms with E-state index in [9.17, 15) is 35.5 Å². The SMILES string of the molecule is COc1ccc(C(=O)NCC(F)(C(F)(F)F)C(F)(F)F)nn1. The standard InChI is InChI=1S/C10H8F7N3O2/c1-22-6-3-2-5(19-20-6)7(21)18-4-8(11,9(12,13)14)10(15,16)17/h2-3H,4H2,1H3,(H,18,21). The second-order valence-electron chi connectivity index (χ2n) is 3.94. The van der Waals surface area contributed by atoms with Crippen molar-refractivity contribution in [3.8, 4) is 5.88 Å². The third-order valence-electron chi connectivity index (χ3n) is 2.47. The van der Waals surface area contributed by atoms with Gasteiger partial charge in [-0.05, 0) is 6.07 Å². The summed E-state index contributed by atoms with van der Waals surface area (Å²) in [4.78, 5) is 11.4. The molecule has 1 rings (SSSR count). The molecule has 0 aliphatic rings. The Labute approximate surface area is 118 Å². The van der Waals surface area contributed by atoms with Gasteiger partial charge >= 0.3 is 18.0 Å². The van der Waals surface area contributed by atoms with Gasteiger partial charge in [0.15, 0.2) is 5.69 Å². The highest BCUT2D eigenvalue weighted by Crippen LogP contribution is 2.45. The van der Waals surface area contributed by atoms with Crippen LogP contribution in [-0.2, 0) is 0 Å². The van der Waals surface area contributed by atoms with E-state index in [0.717, 1.165) is 12.1 Å². The molecule has 0 unspecified atom stereocenters. The van der Waals surface area contributed by atoms with Crippen LogP contribution in [0.5, 0.6) is 5.88 Å². The highest BCUT2D eigenvalue weighted by molar-refractivity contribution is 5.92. The molecular formula is C10H8F7N3O2. The van der Waals surface area contributed by atoms with Crippen LogP contribution >= 0.6 is 0 Å². The Morgan fingerprint density at radius 2 is 1.64 bits per heavy atom. The largest absolute Gasteiger partial charge is 0.480 e. The number of nitrogens with zero attached hydrogens (tertiary/aromatic N) is 2. The van der Waals surface area contributed by atoms with Gasteiger partial charge in [0.25, 0.3) is 5.91 Å². The van der Waals surface area contributed by atoms with Crippen molar-refractivity contribution in [2.75, 3.05) is 13.7 Å². The molecule has 22 heavy (non-hydrogen) atoms. The van der Waals surface area contributed by atoms with Gasteiger partial charge in [0, 0.05) is 6.07 Å². The summed E-state index contributed by atoms with van der Waals surface area (Å²) in [7, 11) is 1.22. The minimum Gasteiger partial charge on any atom is -0.480 e. The van der Waals surface area contributed by atoms with Crippen molar-refractivity contribution in [3.05, 3.63) is 17.8 Å². The average molecular weight is 335 g/mol. The maximum atomic E-state index is 13.3. The molecule has 0 saturated carbocycles. The van der Waals surface area contributed by atoms with Crippen LogP contribution in [0.4, 0.5) is 30.7 Å². The molecule has 0 aromatic carbocycles. The van der Waals surface area contributed by atoms with E-state index in [2.05, 4.69) is 14.9 Å². The molecular weight excluding hydrogens is 327 g/mol. The first-order valence-corrected chi connectivity index (χ1v) is 5.40. The first-order valence-electron chi connectivity index (χ1n) is 5.40. The van der Waals surface area contributed by atoms with E-state index in [0.29, 0.717) is 0 Å². The third-order valence-corrected chi connectivity index (χ3v) is 2.47. The third kappa shape index (κ3) is 3.54. The number of carbonyl (C=O) groups excluding carboxylic acids is 1. The van der Waals surface area contributed by atoms with Gasteiger partial charge in [-0.1, -0.05) is 0 Å². The monoisotopic (exact) mass is 335 g/mol. The van der Waals surface area contributed by atoms with Crippen molar-refractivity contribution >= 4 is 5.91 Å². The Morgan fingerprint density at radius 3 is 2.00 bits per heavy atom. The lowest BCUT2D eigenvalue weighted by molar-refractivity contribution is -0.338. The Kier molecular flexibility index (Phi) is 4.82. The summed E-state index contributed by atoms with van der Waals surface area (Å²) in [6.45, 7) is -2.34. The highest BCUT2D eigenvalue weighted by Gasteiger charge is 2.72. The number of alkyl halides is 7. The van der Waals surface area contributed by atoms with Gasteiger partial charge in [0.1, 0.15) is 0 Å². The summed E-state index contributed by atoms with van der Waals surface area (Å²) in [6, 6.07) is 2.03. The van der Waals surface area contributed by atoms with Crippen molar-refractivity contribution < 1.29 is 40.3 Å². The summed E-state index contributed by atoms with van der Waals surface area (Å²) in [6.07, 6.45) is -12.5. The number of aromatic nitrogens is 2. The van der Waals surface area contributed by atoms with Gasteiger partial charge in [0.2, 0.25) is 5.88 Å². The van der Waals surface area contributed by atoms with Crippen molar-refractivity contribution in [2.24, 2.45) is 0 Å². The number of rotatable bonds is 4. The summed E-state index contributed by atoms with van der Waals surface area (Å²) in [5.74, 6) is -1.49. The van der Waals surface area contributed by atoms with E-state index >= 15 is 0 Å². The minimum absolute atomic E-state index is 0.0398. The zero-order valence-corrected chi connectivity index (χ0v) is 10.7. The highest BCUT2D eigenvalue weighted by atomic mass is 19.4. The number of hydrogen-bond donors (Lipinski definition) is 1. The number of amides is 1. The first kappa shape index (κ1) is 17.9. The van der Waals surface area contributed by atoms with Gasteiger partial charge < -0.3 is 10.1 Å². The summed E-state index contributed by atoms with van der Waals surface area (Å²) in [5.41, 5.74) is -6.18. The Hall–Kier alpha value is -2.14. The van der Waals surface area contributed by atoms with Crippen LogP contribution in [0.2, 0.25) is 0 Å². The normalized spacial score (nSPS) is 12.9. The van der Waals surface area contributed by atoms with Gasteiger partial charge in [0.05, 0.1) is 13.7 Å². The number of ether oxygens (including phenoxy) is 1. The number of nitrogens with one attached hydrogen (secondary N) is 1. The minimum atomic E-state index is -6.25. The number of methoxy groups -OCH3 is 1. The lowest BCUT2D eigenvalue weighted by atomic mass is 10.1. The molecule has 1 heterocycles. The van der Waals surface area contributed by atoms with Crippen LogP contribution in [0.1, 0.15) is 10.5 Å². The molecule has 1 amide bonds. The Balaban J connectivity index is 2.87. The zero-order valence-electron chi connectivity index (χ0n) is 10.7. The number of halogens is 7. The van der Waals surface area contributed by atoms with E-state index in [1.54, 1.807) is 0 Å². The maximum Gasteiger partial charge on any atom is 0.433 e. The number of hydrogen-bond acceptors (Lipinski definition) is 4. The van der Waals surface area contributed by atoms with Crippen LogP contribution in [0.25, 0.3) is 0 Å². The smallest absolute Gasteiger partial charge is 0.433 e. The molecule has 0 atom stereocenters. The van der Waals surface area contributed by atoms with Crippen LogP contribution in [0.15, 0.2) is 12.1 Å². The van der Waals surface area contributed by atoms with Crippen LogP contribution in [0.3, 0.4) is 0 Å². The quantitative estimate of drug-likeness (QED) is 0.856. The van der Waals surface area contributed by atoms with Crippen molar-refractivity contribution in [3.63, 3.8) is 0 Å². The molecule has 0 radical (unpaired) electrons. The topological polar surface area (TPSA) is 64.1 Å². The van der Waals surface area contributed by atoms with Crippen LogP contribution < -0.4 is 10.1 Å². The fourth-order valence-electron chi connectivity index (χ4n) is 1.20. The molecule has 124 valence electrons. The fraction of sp³-hybridized carbons (Fsp3) is 0.500. The molecule has 5 nitrogen and oxygen atoms in total. The van der Waals surface area contributed by atoms with Crippen LogP contribution in [-0.4, -0.2) is 47.8 Å².